The lowest BCUT2D eigenvalue weighted by Gasteiger charge is -2.17. The summed E-state index contributed by atoms with van der Waals surface area (Å²) in [5, 5.41) is 3.12. The van der Waals surface area contributed by atoms with E-state index in [1.165, 1.54) is 0 Å². The van der Waals surface area contributed by atoms with Gasteiger partial charge in [0.25, 0.3) is 0 Å². The van der Waals surface area contributed by atoms with Crippen LogP contribution < -0.4 is 9.47 Å². The molecule has 0 bridgehead atoms. The maximum absolute atomic E-state index is 12.5. The SMILES string of the molecule is COc1ccc(OC)c(CC(=O)N(C)Cc2csc(C(C)C)n2)c1. The third-order valence-corrected chi connectivity index (χ3v) is 4.91. The molecule has 2 rings (SSSR count). The Morgan fingerprint density at radius 3 is 2.62 bits per heavy atom. The highest BCUT2D eigenvalue weighted by atomic mass is 32.1. The van der Waals surface area contributed by atoms with Gasteiger partial charge in [-0.3, -0.25) is 4.79 Å². The molecule has 0 saturated heterocycles. The van der Waals surface area contributed by atoms with Crippen molar-refractivity contribution >= 4 is 17.2 Å². The van der Waals surface area contributed by atoms with E-state index in [0.29, 0.717) is 24.0 Å². The molecule has 0 spiro atoms. The molecular weight excluding hydrogens is 324 g/mol. The van der Waals surface area contributed by atoms with E-state index in [-0.39, 0.29) is 12.3 Å². The first-order chi connectivity index (χ1) is 11.4. The minimum Gasteiger partial charge on any atom is -0.497 e. The highest BCUT2D eigenvalue weighted by Gasteiger charge is 2.16. The number of nitrogens with zero attached hydrogens (tertiary/aromatic N) is 2. The predicted molar refractivity (Wildman–Crippen MR) is 95.9 cm³/mol. The fourth-order valence-electron chi connectivity index (χ4n) is 2.31. The van der Waals surface area contributed by atoms with Gasteiger partial charge >= 0.3 is 0 Å². The molecule has 0 radical (unpaired) electrons. The van der Waals surface area contributed by atoms with Gasteiger partial charge in [-0.25, -0.2) is 4.98 Å². The number of ether oxygens (including phenoxy) is 2. The molecule has 1 aromatic carbocycles. The van der Waals surface area contributed by atoms with Crippen molar-refractivity contribution in [2.24, 2.45) is 0 Å². The Hall–Kier alpha value is -2.08. The summed E-state index contributed by atoms with van der Waals surface area (Å²) in [5.41, 5.74) is 1.74. The van der Waals surface area contributed by atoms with Crippen LogP contribution in [-0.4, -0.2) is 37.1 Å². The molecule has 0 N–H and O–H groups in total. The van der Waals surface area contributed by atoms with Gasteiger partial charge in [0.1, 0.15) is 11.5 Å². The largest absolute Gasteiger partial charge is 0.497 e. The van der Waals surface area contributed by atoms with Crippen LogP contribution in [0.4, 0.5) is 0 Å². The number of hydrogen-bond donors (Lipinski definition) is 0. The van der Waals surface area contributed by atoms with Crippen LogP contribution in [0.5, 0.6) is 11.5 Å². The number of benzene rings is 1. The van der Waals surface area contributed by atoms with Crippen LogP contribution in [0.25, 0.3) is 0 Å². The van der Waals surface area contributed by atoms with Crippen LogP contribution in [0.3, 0.4) is 0 Å². The second-order valence-corrected chi connectivity index (χ2v) is 6.83. The van der Waals surface area contributed by atoms with Crippen molar-refractivity contribution in [2.75, 3.05) is 21.3 Å². The Kier molecular flexibility index (Phi) is 6.20. The number of hydrogen-bond acceptors (Lipinski definition) is 5. The minimum atomic E-state index is 0.0145. The molecule has 0 aliphatic heterocycles. The molecule has 1 amide bonds. The molecule has 0 unspecified atom stereocenters. The number of rotatable bonds is 7. The fourth-order valence-corrected chi connectivity index (χ4v) is 3.14. The molecule has 0 aliphatic carbocycles. The van der Waals surface area contributed by atoms with Crippen LogP contribution in [-0.2, 0) is 17.8 Å². The van der Waals surface area contributed by atoms with Crippen LogP contribution in [0.2, 0.25) is 0 Å². The summed E-state index contributed by atoms with van der Waals surface area (Å²) < 4.78 is 10.6. The van der Waals surface area contributed by atoms with Crippen molar-refractivity contribution in [3.05, 3.63) is 39.8 Å². The van der Waals surface area contributed by atoms with Crippen molar-refractivity contribution < 1.29 is 14.3 Å². The van der Waals surface area contributed by atoms with E-state index in [1.54, 1.807) is 37.5 Å². The third-order valence-electron chi connectivity index (χ3n) is 3.72. The van der Waals surface area contributed by atoms with E-state index >= 15 is 0 Å². The van der Waals surface area contributed by atoms with E-state index in [9.17, 15) is 4.79 Å². The molecular formula is C18H24N2O3S. The smallest absolute Gasteiger partial charge is 0.227 e. The number of carbonyl (C=O) groups is 1. The monoisotopic (exact) mass is 348 g/mol. The molecule has 0 atom stereocenters. The number of methoxy groups -OCH3 is 2. The average molecular weight is 348 g/mol. The normalized spacial score (nSPS) is 10.8. The van der Waals surface area contributed by atoms with Crippen molar-refractivity contribution in [1.29, 1.82) is 0 Å². The van der Waals surface area contributed by atoms with Gasteiger partial charge in [-0.2, -0.15) is 0 Å². The number of thiazole rings is 1. The summed E-state index contributed by atoms with van der Waals surface area (Å²) >= 11 is 1.64. The number of amides is 1. The molecule has 2 aromatic rings. The molecule has 130 valence electrons. The second kappa shape index (κ2) is 8.15. The fraction of sp³-hybridized carbons (Fsp3) is 0.444. The van der Waals surface area contributed by atoms with Crippen molar-refractivity contribution in [3.63, 3.8) is 0 Å². The first-order valence-corrected chi connectivity index (χ1v) is 8.71. The second-order valence-electron chi connectivity index (χ2n) is 5.94. The van der Waals surface area contributed by atoms with Crippen LogP contribution in [0.1, 0.15) is 36.0 Å². The van der Waals surface area contributed by atoms with E-state index in [2.05, 4.69) is 18.8 Å². The molecule has 24 heavy (non-hydrogen) atoms. The van der Waals surface area contributed by atoms with E-state index in [0.717, 1.165) is 16.3 Å². The summed E-state index contributed by atoms with van der Waals surface area (Å²) in [6.07, 6.45) is 0.262. The summed E-state index contributed by atoms with van der Waals surface area (Å²) in [5.74, 6) is 1.82. The van der Waals surface area contributed by atoms with E-state index < -0.39 is 0 Å². The standard InChI is InChI=1S/C18H24N2O3S/c1-12(2)18-19-14(11-24-18)10-20(3)17(21)9-13-8-15(22-4)6-7-16(13)23-5/h6-8,11-12H,9-10H2,1-5H3. The van der Waals surface area contributed by atoms with Gasteiger partial charge in [0.05, 0.1) is 37.9 Å². The van der Waals surface area contributed by atoms with Crippen LogP contribution in [0, 0.1) is 0 Å². The Labute approximate surface area is 147 Å². The topological polar surface area (TPSA) is 51.7 Å². The zero-order chi connectivity index (χ0) is 17.7. The summed E-state index contributed by atoms with van der Waals surface area (Å²) in [6, 6.07) is 5.47. The first kappa shape index (κ1) is 18.3. The van der Waals surface area contributed by atoms with Gasteiger partial charge in [-0.1, -0.05) is 13.8 Å². The lowest BCUT2D eigenvalue weighted by Crippen LogP contribution is -2.28. The number of aromatic nitrogens is 1. The molecule has 1 heterocycles. The summed E-state index contributed by atoms with van der Waals surface area (Å²) in [4.78, 5) is 18.8. The Bertz CT molecular complexity index is 697. The summed E-state index contributed by atoms with van der Waals surface area (Å²) in [6.45, 7) is 4.74. The zero-order valence-corrected chi connectivity index (χ0v) is 15.6. The molecule has 1 aromatic heterocycles. The Balaban J connectivity index is 2.05. The van der Waals surface area contributed by atoms with E-state index in [1.807, 2.05) is 23.6 Å². The summed E-state index contributed by atoms with van der Waals surface area (Å²) in [7, 11) is 5.00. The first-order valence-electron chi connectivity index (χ1n) is 7.83. The van der Waals surface area contributed by atoms with Gasteiger partial charge < -0.3 is 14.4 Å². The van der Waals surface area contributed by atoms with Gasteiger partial charge in [0.15, 0.2) is 0 Å². The van der Waals surface area contributed by atoms with Gasteiger partial charge in [0.2, 0.25) is 5.91 Å². The number of carbonyl (C=O) groups excluding carboxylic acids is 1. The van der Waals surface area contributed by atoms with Gasteiger partial charge in [0, 0.05) is 23.9 Å². The number of likely N-dealkylation sites (N-methyl/N-ethyl adjacent to an activating group) is 1. The molecule has 0 saturated carbocycles. The van der Waals surface area contributed by atoms with Crippen LogP contribution >= 0.6 is 11.3 Å². The highest BCUT2D eigenvalue weighted by Crippen LogP contribution is 2.25. The maximum atomic E-state index is 12.5. The Morgan fingerprint density at radius 1 is 1.29 bits per heavy atom. The highest BCUT2D eigenvalue weighted by molar-refractivity contribution is 7.09. The van der Waals surface area contributed by atoms with E-state index in [4.69, 9.17) is 9.47 Å². The minimum absolute atomic E-state index is 0.0145. The molecule has 5 nitrogen and oxygen atoms in total. The lowest BCUT2D eigenvalue weighted by molar-refractivity contribution is -0.129. The maximum Gasteiger partial charge on any atom is 0.227 e. The quantitative estimate of drug-likeness (QED) is 0.769. The van der Waals surface area contributed by atoms with Crippen molar-refractivity contribution in [3.8, 4) is 11.5 Å². The van der Waals surface area contributed by atoms with Gasteiger partial charge in [-0.15, -0.1) is 11.3 Å². The molecule has 6 heteroatoms. The van der Waals surface area contributed by atoms with Crippen molar-refractivity contribution in [1.82, 2.24) is 9.88 Å². The van der Waals surface area contributed by atoms with Gasteiger partial charge in [-0.05, 0) is 18.2 Å². The predicted octanol–water partition coefficient (Wildman–Crippen LogP) is 3.48. The van der Waals surface area contributed by atoms with Crippen LogP contribution in [0.15, 0.2) is 23.6 Å². The average Bonchev–Trinajstić information content (AvgIpc) is 3.03. The molecule has 0 aliphatic rings. The Morgan fingerprint density at radius 2 is 2.04 bits per heavy atom. The zero-order valence-electron chi connectivity index (χ0n) is 14.8. The van der Waals surface area contributed by atoms with Crippen molar-refractivity contribution in [2.45, 2.75) is 32.7 Å². The molecule has 0 fully saturated rings. The lowest BCUT2D eigenvalue weighted by atomic mass is 10.1. The third kappa shape index (κ3) is 4.47.